The molecule has 19 heavy (non-hydrogen) atoms. The first-order chi connectivity index (χ1) is 9.18. The molecule has 98 valence electrons. The highest BCUT2D eigenvalue weighted by Crippen LogP contribution is 2.23. The average molecular weight is 258 g/mol. The van der Waals surface area contributed by atoms with Gasteiger partial charge in [0.25, 0.3) is 0 Å². The Morgan fingerprint density at radius 1 is 1.05 bits per heavy atom. The molecule has 3 heteroatoms. The first-order valence-electron chi connectivity index (χ1n) is 6.18. The minimum Gasteiger partial charge on any atom is -0.478 e. The predicted octanol–water partition coefficient (Wildman–Crippen LogP) is 4.03. The second-order valence-electron chi connectivity index (χ2n) is 4.38. The standard InChI is InChI=1S/C16H15FO2/c17-15(13-7-2-1-3-8-13)11-10-12-6-4-5-9-14(12)16(18)19/h1-9,15H,10-11H2,(H,18,19). The van der Waals surface area contributed by atoms with Gasteiger partial charge in [0, 0.05) is 0 Å². The predicted molar refractivity (Wildman–Crippen MR) is 72.0 cm³/mol. The molecule has 0 bridgehead atoms. The topological polar surface area (TPSA) is 37.3 Å². The van der Waals surface area contributed by atoms with Crippen molar-refractivity contribution in [2.45, 2.75) is 19.0 Å². The molecule has 0 radical (unpaired) electrons. The van der Waals surface area contributed by atoms with Crippen molar-refractivity contribution in [2.75, 3.05) is 0 Å². The average Bonchev–Trinajstić information content (AvgIpc) is 2.46. The maximum atomic E-state index is 14.0. The van der Waals surface area contributed by atoms with E-state index >= 15 is 0 Å². The minimum absolute atomic E-state index is 0.253. The second kappa shape index (κ2) is 6.14. The van der Waals surface area contributed by atoms with Gasteiger partial charge in [0.15, 0.2) is 0 Å². The van der Waals surface area contributed by atoms with Crippen LogP contribution in [0.25, 0.3) is 0 Å². The van der Waals surface area contributed by atoms with Gasteiger partial charge in [-0.2, -0.15) is 0 Å². The van der Waals surface area contributed by atoms with Gasteiger partial charge in [-0.1, -0.05) is 48.5 Å². The number of carboxylic acid groups (broad SMARTS) is 1. The van der Waals surface area contributed by atoms with Crippen LogP contribution < -0.4 is 0 Å². The maximum Gasteiger partial charge on any atom is 0.335 e. The summed E-state index contributed by atoms with van der Waals surface area (Å²) < 4.78 is 14.0. The summed E-state index contributed by atoms with van der Waals surface area (Å²) >= 11 is 0. The lowest BCUT2D eigenvalue weighted by Crippen LogP contribution is -2.03. The molecule has 0 heterocycles. The number of hydrogen-bond donors (Lipinski definition) is 1. The highest BCUT2D eigenvalue weighted by Gasteiger charge is 2.13. The highest BCUT2D eigenvalue weighted by atomic mass is 19.1. The number of aryl methyl sites for hydroxylation is 1. The maximum absolute atomic E-state index is 14.0. The van der Waals surface area contributed by atoms with E-state index in [0.717, 1.165) is 0 Å². The number of hydrogen-bond acceptors (Lipinski definition) is 1. The Labute approximate surface area is 111 Å². The molecule has 2 aromatic rings. The molecule has 2 rings (SSSR count). The van der Waals surface area contributed by atoms with Crippen molar-refractivity contribution in [1.82, 2.24) is 0 Å². The van der Waals surface area contributed by atoms with Crippen molar-refractivity contribution in [2.24, 2.45) is 0 Å². The number of halogens is 1. The Morgan fingerprint density at radius 3 is 2.37 bits per heavy atom. The summed E-state index contributed by atoms with van der Waals surface area (Å²) in [7, 11) is 0. The molecule has 0 amide bonds. The summed E-state index contributed by atoms with van der Waals surface area (Å²) in [5.41, 5.74) is 1.56. The zero-order chi connectivity index (χ0) is 13.7. The number of carboxylic acids is 1. The van der Waals surface area contributed by atoms with E-state index in [4.69, 9.17) is 5.11 Å². The van der Waals surface area contributed by atoms with E-state index < -0.39 is 12.1 Å². The van der Waals surface area contributed by atoms with E-state index in [0.29, 0.717) is 17.5 Å². The molecule has 0 fully saturated rings. The molecule has 0 aromatic heterocycles. The Hall–Kier alpha value is -2.16. The summed E-state index contributed by atoms with van der Waals surface area (Å²) in [6, 6.07) is 15.7. The molecule has 0 spiro atoms. The van der Waals surface area contributed by atoms with Crippen molar-refractivity contribution in [1.29, 1.82) is 0 Å². The van der Waals surface area contributed by atoms with Gasteiger partial charge in [0.2, 0.25) is 0 Å². The van der Waals surface area contributed by atoms with Gasteiger partial charge in [-0.25, -0.2) is 9.18 Å². The lowest BCUT2D eigenvalue weighted by atomic mass is 9.99. The van der Waals surface area contributed by atoms with Crippen molar-refractivity contribution < 1.29 is 14.3 Å². The van der Waals surface area contributed by atoms with Crippen LogP contribution in [0.15, 0.2) is 54.6 Å². The van der Waals surface area contributed by atoms with E-state index in [1.807, 2.05) is 6.07 Å². The van der Waals surface area contributed by atoms with Crippen LogP contribution in [0.2, 0.25) is 0 Å². The fraction of sp³-hybridized carbons (Fsp3) is 0.188. The molecule has 0 saturated carbocycles. The summed E-state index contributed by atoms with van der Waals surface area (Å²) in [6.07, 6.45) is -0.365. The Bertz CT molecular complexity index is 552. The van der Waals surface area contributed by atoms with Crippen LogP contribution in [0.4, 0.5) is 4.39 Å². The Morgan fingerprint density at radius 2 is 1.68 bits per heavy atom. The first-order valence-corrected chi connectivity index (χ1v) is 6.18. The molecule has 0 saturated heterocycles. The molecular formula is C16H15FO2. The molecule has 1 unspecified atom stereocenters. The van der Waals surface area contributed by atoms with Crippen molar-refractivity contribution >= 4 is 5.97 Å². The molecule has 2 nitrogen and oxygen atoms in total. The molecule has 0 aliphatic rings. The minimum atomic E-state index is -1.07. The number of alkyl halides is 1. The lowest BCUT2D eigenvalue weighted by molar-refractivity contribution is 0.0695. The van der Waals surface area contributed by atoms with Crippen LogP contribution in [-0.4, -0.2) is 11.1 Å². The number of carbonyl (C=O) groups is 1. The van der Waals surface area contributed by atoms with Crippen LogP contribution in [0, 0.1) is 0 Å². The zero-order valence-corrected chi connectivity index (χ0v) is 10.4. The highest BCUT2D eigenvalue weighted by molar-refractivity contribution is 5.89. The molecule has 1 N–H and O–H groups in total. The smallest absolute Gasteiger partial charge is 0.335 e. The van der Waals surface area contributed by atoms with Gasteiger partial charge < -0.3 is 5.11 Å². The Balaban J connectivity index is 2.05. The largest absolute Gasteiger partial charge is 0.478 e. The third kappa shape index (κ3) is 3.41. The fourth-order valence-electron chi connectivity index (χ4n) is 2.06. The van der Waals surface area contributed by atoms with Gasteiger partial charge in [0.1, 0.15) is 6.17 Å². The number of aromatic carboxylic acids is 1. The van der Waals surface area contributed by atoms with Gasteiger partial charge in [-0.05, 0) is 30.0 Å². The number of benzene rings is 2. The SMILES string of the molecule is O=C(O)c1ccccc1CCC(F)c1ccccc1. The molecule has 1 atom stereocenters. The normalized spacial score (nSPS) is 12.1. The zero-order valence-electron chi connectivity index (χ0n) is 10.4. The van der Waals surface area contributed by atoms with Crippen LogP contribution >= 0.6 is 0 Å². The van der Waals surface area contributed by atoms with Crippen LogP contribution in [-0.2, 0) is 6.42 Å². The van der Waals surface area contributed by atoms with Gasteiger partial charge in [0.05, 0.1) is 5.56 Å². The lowest BCUT2D eigenvalue weighted by Gasteiger charge is -2.10. The van der Waals surface area contributed by atoms with Gasteiger partial charge in [-0.15, -0.1) is 0 Å². The fourth-order valence-corrected chi connectivity index (χ4v) is 2.06. The summed E-state index contributed by atoms with van der Waals surface area (Å²) in [5.74, 6) is -0.967. The summed E-state index contributed by atoms with van der Waals surface area (Å²) in [4.78, 5) is 11.0. The molecule has 0 aliphatic carbocycles. The van der Waals surface area contributed by atoms with E-state index in [-0.39, 0.29) is 12.0 Å². The summed E-state index contributed by atoms with van der Waals surface area (Å²) in [6.45, 7) is 0. The van der Waals surface area contributed by atoms with Crippen LogP contribution in [0.1, 0.15) is 34.1 Å². The molecular weight excluding hydrogens is 243 g/mol. The molecule has 0 aliphatic heterocycles. The van der Waals surface area contributed by atoms with Crippen molar-refractivity contribution in [3.8, 4) is 0 Å². The third-order valence-electron chi connectivity index (χ3n) is 3.08. The van der Waals surface area contributed by atoms with Crippen molar-refractivity contribution in [3.05, 3.63) is 71.3 Å². The molecule has 2 aromatic carbocycles. The van der Waals surface area contributed by atoms with Crippen molar-refractivity contribution in [3.63, 3.8) is 0 Å². The Kier molecular flexibility index (Phi) is 4.29. The van der Waals surface area contributed by atoms with E-state index in [2.05, 4.69) is 0 Å². The van der Waals surface area contributed by atoms with E-state index in [1.165, 1.54) is 0 Å². The second-order valence-corrected chi connectivity index (χ2v) is 4.38. The van der Waals surface area contributed by atoms with E-state index in [1.54, 1.807) is 48.5 Å². The monoisotopic (exact) mass is 258 g/mol. The third-order valence-corrected chi connectivity index (χ3v) is 3.08. The van der Waals surface area contributed by atoms with Gasteiger partial charge in [-0.3, -0.25) is 0 Å². The number of rotatable bonds is 5. The van der Waals surface area contributed by atoms with Crippen LogP contribution in [0.3, 0.4) is 0 Å². The van der Waals surface area contributed by atoms with E-state index in [9.17, 15) is 9.18 Å². The van der Waals surface area contributed by atoms with Gasteiger partial charge >= 0.3 is 5.97 Å². The quantitative estimate of drug-likeness (QED) is 0.879. The van der Waals surface area contributed by atoms with Crippen LogP contribution in [0.5, 0.6) is 0 Å². The first kappa shape index (κ1) is 13.3. The summed E-state index contributed by atoms with van der Waals surface area (Å²) in [5, 5.41) is 9.05.